The second-order valence-corrected chi connectivity index (χ2v) is 5.09. The highest BCUT2D eigenvalue weighted by atomic mass is 19.1. The molecule has 0 bridgehead atoms. The average Bonchev–Trinajstić information content (AvgIpc) is 2.86. The lowest BCUT2D eigenvalue weighted by Crippen LogP contribution is -2.32. The van der Waals surface area contributed by atoms with Gasteiger partial charge in [0.2, 0.25) is 5.91 Å². The molecular weight excluding hydrogens is 269 g/mol. The number of carbonyl (C=O) groups excluding carboxylic acids is 1. The fourth-order valence-corrected chi connectivity index (χ4v) is 2.57. The number of nitrogens with zero attached hydrogens (tertiary/aromatic N) is 1. The van der Waals surface area contributed by atoms with E-state index < -0.39 is 5.82 Å². The van der Waals surface area contributed by atoms with Crippen molar-refractivity contribution in [2.45, 2.75) is 6.42 Å². The number of rotatable bonds is 3. The van der Waals surface area contributed by atoms with Crippen molar-refractivity contribution in [3.8, 4) is 0 Å². The van der Waals surface area contributed by atoms with Crippen molar-refractivity contribution in [3.63, 3.8) is 0 Å². The largest absolute Gasteiger partial charge is 0.399 e. The highest BCUT2D eigenvalue weighted by Crippen LogP contribution is 2.27. The van der Waals surface area contributed by atoms with Gasteiger partial charge in [-0.2, -0.15) is 0 Å². The van der Waals surface area contributed by atoms with Gasteiger partial charge in [0.1, 0.15) is 5.82 Å². The number of para-hydroxylation sites is 1. The van der Waals surface area contributed by atoms with Crippen LogP contribution in [0.25, 0.3) is 0 Å². The Bertz CT molecular complexity index is 687. The van der Waals surface area contributed by atoms with Gasteiger partial charge in [-0.05, 0) is 36.2 Å². The number of hydrogen-bond donors (Lipinski definition) is 2. The summed E-state index contributed by atoms with van der Waals surface area (Å²) in [5, 5.41) is 2.57. The van der Waals surface area contributed by atoms with Crippen molar-refractivity contribution >= 4 is 23.0 Å². The van der Waals surface area contributed by atoms with Crippen LogP contribution in [0.2, 0.25) is 0 Å². The number of nitrogens with one attached hydrogen (secondary N) is 1. The number of amides is 1. The maximum Gasteiger partial charge on any atom is 0.243 e. The zero-order valence-electron chi connectivity index (χ0n) is 11.5. The number of hydrogen-bond acceptors (Lipinski definition) is 3. The molecule has 0 aliphatic carbocycles. The lowest BCUT2D eigenvalue weighted by atomic mass is 10.2. The Balaban J connectivity index is 1.69. The molecule has 2 aromatic carbocycles. The number of nitrogen functional groups attached to an aromatic ring is 1. The summed E-state index contributed by atoms with van der Waals surface area (Å²) < 4.78 is 13.6. The second-order valence-electron chi connectivity index (χ2n) is 5.09. The molecule has 0 fully saturated rings. The van der Waals surface area contributed by atoms with E-state index in [1.54, 1.807) is 0 Å². The van der Waals surface area contributed by atoms with Gasteiger partial charge in [0.15, 0.2) is 0 Å². The Labute approximate surface area is 122 Å². The van der Waals surface area contributed by atoms with Crippen LogP contribution < -0.4 is 16.0 Å². The van der Waals surface area contributed by atoms with Crippen LogP contribution >= 0.6 is 0 Å². The summed E-state index contributed by atoms with van der Waals surface area (Å²) in [5.74, 6) is -0.740. The minimum Gasteiger partial charge on any atom is -0.399 e. The zero-order chi connectivity index (χ0) is 14.8. The summed E-state index contributed by atoms with van der Waals surface area (Å²) >= 11 is 0. The molecule has 3 N–H and O–H groups in total. The van der Waals surface area contributed by atoms with E-state index in [4.69, 9.17) is 5.73 Å². The number of nitrogens with two attached hydrogens (primary N) is 1. The summed E-state index contributed by atoms with van der Waals surface area (Å²) in [6, 6.07) is 12.1. The second kappa shape index (κ2) is 5.44. The molecule has 21 heavy (non-hydrogen) atoms. The van der Waals surface area contributed by atoms with Crippen LogP contribution in [-0.4, -0.2) is 19.0 Å². The van der Waals surface area contributed by atoms with Crippen molar-refractivity contribution in [1.29, 1.82) is 0 Å². The Morgan fingerprint density at radius 1 is 1.29 bits per heavy atom. The predicted octanol–water partition coefficient (Wildman–Crippen LogP) is 2.41. The van der Waals surface area contributed by atoms with E-state index in [1.165, 1.54) is 23.8 Å². The molecule has 0 radical (unpaired) electrons. The van der Waals surface area contributed by atoms with E-state index in [-0.39, 0.29) is 18.1 Å². The number of carbonyl (C=O) groups is 1. The third-order valence-corrected chi connectivity index (χ3v) is 3.58. The molecule has 0 saturated carbocycles. The van der Waals surface area contributed by atoms with E-state index in [9.17, 15) is 9.18 Å². The molecule has 1 aliphatic rings. The molecule has 0 atom stereocenters. The van der Waals surface area contributed by atoms with E-state index in [0.717, 1.165) is 18.7 Å². The van der Waals surface area contributed by atoms with Gasteiger partial charge in [-0.15, -0.1) is 0 Å². The van der Waals surface area contributed by atoms with Gasteiger partial charge < -0.3 is 16.0 Å². The summed E-state index contributed by atoms with van der Waals surface area (Å²) in [7, 11) is 0. The molecule has 5 heteroatoms. The summed E-state index contributed by atoms with van der Waals surface area (Å²) in [4.78, 5) is 14.1. The van der Waals surface area contributed by atoms with Gasteiger partial charge in [-0.1, -0.05) is 18.2 Å². The van der Waals surface area contributed by atoms with Crippen LogP contribution in [0.5, 0.6) is 0 Å². The standard InChI is InChI=1S/C16H16FN3O/c17-13-6-5-12(18)9-14(13)19-16(21)10-20-8-7-11-3-1-2-4-15(11)20/h1-6,9H,7-8,10,18H2,(H,19,21). The van der Waals surface area contributed by atoms with Gasteiger partial charge in [0, 0.05) is 17.9 Å². The van der Waals surface area contributed by atoms with E-state index in [0.29, 0.717) is 5.69 Å². The van der Waals surface area contributed by atoms with Crippen molar-refractivity contribution in [2.24, 2.45) is 0 Å². The first-order valence-corrected chi connectivity index (χ1v) is 6.81. The van der Waals surface area contributed by atoms with Crippen molar-refractivity contribution in [2.75, 3.05) is 29.0 Å². The van der Waals surface area contributed by atoms with Crippen LogP contribution in [-0.2, 0) is 11.2 Å². The zero-order valence-corrected chi connectivity index (χ0v) is 11.5. The smallest absolute Gasteiger partial charge is 0.243 e. The van der Waals surface area contributed by atoms with E-state index in [2.05, 4.69) is 11.4 Å². The molecule has 0 aromatic heterocycles. The summed E-state index contributed by atoms with van der Waals surface area (Å²) in [5.41, 5.74) is 8.44. The van der Waals surface area contributed by atoms with Crippen LogP contribution in [0.1, 0.15) is 5.56 Å². The van der Waals surface area contributed by atoms with Crippen molar-refractivity contribution in [1.82, 2.24) is 0 Å². The Morgan fingerprint density at radius 2 is 2.10 bits per heavy atom. The van der Waals surface area contributed by atoms with Crippen LogP contribution in [0.4, 0.5) is 21.5 Å². The van der Waals surface area contributed by atoms with Crippen LogP contribution in [0, 0.1) is 5.82 Å². The topological polar surface area (TPSA) is 58.4 Å². The minimum absolute atomic E-state index is 0.118. The number of anilines is 3. The SMILES string of the molecule is Nc1ccc(F)c(NC(=O)CN2CCc3ccccc32)c1. The fourth-order valence-electron chi connectivity index (χ4n) is 2.57. The Hall–Kier alpha value is -2.56. The summed E-state index contributed by atoms with van der Waals surface area (Å²) in [6.07, 6.45) is 0.927. The molecule has 0 spiro atoms. The molecule has 108 valence electrons. The van der Waals surface area contributed by atoms with E-state index >= 15 is 0 Å². The molecule has 3 rings (SSSR count). The Morgan fingerprint density at radius 3 is 2.95 bits per heavy atom. The molecule has 1 amide bonds. The number of benzene rings is 2. The average molecular weight is 285 g/mol. The van der Waals surface area contributed by atoms with Gasteiger partial charge >= 0.3 is 0 Å². The van der Waals surface area contributed by atoms with Gasteiger partial charge in [-0.25, -0.2) is 4.39 Å². The van der Waals surface area contributed by atoms with Gasteiger partial charge in [0.05, 0.1) is 12.2 Å². The van der Waals surface area contributed by atoms with Gasteiger partial charge in [0.25, 0.3) is 0 Å². The maximum atomic E-state index is 13.6. The highest BCUT2D eigenvalue weighted by Gasteiger charge is 2.20. The number of fused-ring (bicyclic) bond motifs is 1. The normalized spacial score (nSPS) is 13.1. The molecular formula is C16H16FN3O. The summed E-state index contributed by atoms with van der Waals surface area (Å²) in [6.45, 7) is 0.997. The third kappa shape index (κ3) is 2.81. The van der Waals surface area contributed by atoms with Crippen LogP contribution in [0.3, 0.4) is 0 Å². The van der Waals surface area contributed by atoms with Crippen molar-refractivity contribution < 1.29 is 9.18 Å². The Kier molecular flexibility index (Phi) is 3.48. The highest BCUT2D eigenvalue weighted by molar-refractivity contribution is 5.94. The molecule has 2 aromatic rings. The molecule has 1 aliphatic heterocycles. The predicted molar refractivity (Wildman–Crippen MR) is 81.8 cm³/mol. The van der Waals surface area contributed by atoms with Crippen LogP contribution in [0.15, 0.2) is 42.5 Å². The first kappa shape index (κ1) is 13.4. The first-order chi connectivity index (χ1) is 10.1. The van der Waals surface area contributed by atoms with Gasteiger partial charge in [-0.3, -0.25) is 4.79 Å². The quantitative estimate of drug-likeness (QED) is 0.851. The molecule has 4 nitrogen and oxygen atoms in total. The first-order valence-electron chi connectivity index (χ1n) is 6.81. The lowest BCUT2D eigenvalue weighted by molar-refractivity contribution is -0.115. The maximum absolute atomic E-state index is 13.6. The van der Waals surface area contributed by atoms with Crippen molar-refractivity contribution in [3.05, 3.63) is 53.8 Å². The van der Waals surface area contributed by atoms with E-state index in [1.807, 2.05) is 23.1 Å². The third-order valence-electron chi connectivity index (χ3n) is 3.58. The monoisotopic (exact) mass is 285 g/mol. The molecule has 0 saturated heterocycles. The minimum atomic E-state index is -0.487. The lowest BCUT2D eigenvalue weighted by Gasteiger charge is -2.19. The fraction of sp³-hybridized carbons (Fsp3) is 0.188. The molecule has 0 unspecified atom stereocenters. The number of halogens is 1. The molecule has 1 heterocycles.